The Morgan fingerprint density at radius 1 is 1.12 bits per heavy atom. The Morgan fingerprint density at radius 3 is 1.88 bits per heavy atom. The Kier molecular flexibility index (Phi) is 4.14. The highest BCUT2D eigenvalue weighted by Crippen LogP contribution is 2.12. The predicted molar refractivity (Wildman–Crippen MR) is 57.3 cm³/mol. The van der Waals surface area contributed by atoms with Gasteiger partial charge in [-0.25, -0.2) is 4.98 Å². The van der Waals surface area contributed by atoms with Gasteiger partial charge < -0.3 is 11.1 Å². The summed E-state index contributed by atoms with van der Waals surface area (Å²) in [6, 6.07) is 2.41. The van der Waals surface area contributed by atoms with Gasteiger partial charge in [0, 0.05) is 5.02 Å². The number of rotatable bonds is 4. The second-order valence-corrected chi connectivity index (χ2v) is 3.21. The summed E-state index contributed by atoms with van der Waals surface area (Å²) in [5.41, 5.74) is 16.1. The minimum Gasteiger partial charge on any atom is -0.361 e. The van der Waals surface area contributed by atoms with Crippen LogP contribution in [0.5, 0.6) is 0 Å². The summed E-state index contributed by atoms with van der Waals surface area (Å²) in [6.07, 6.45) is 1.24. The molecule has 0 aliphatic heterocycles. The first-order valence-corrected chi connectivity index (χ1v) is 4.57. The summed E-state index contributed by atoms with van der Waals surface area (Å²) in [7, 11) is 0. The molecule has 1 aromatic rings. The number of halogens is 1. The van der Waals surface area contributed by atoms with Gasteiger partial charge in [0.1, 0.15) is 11.4 Å². The van der Waals surface area contributed by atoms with Crippen LogP contribution in [0.2, 0.25) is 5.02 Å². The smallest absolute Gasteiger partial charge is 0.329 e. The molecule has 8 heteroatoms. The predicted octanol–water partition coefficient (Wildman–Crippen LogP) is 0.702. The Labute approximate surface area is 99.9 Å². The van der Waals surface area contributed by atoms with Gasteiger partial charge in [0.15, 0.2) is 0 Å². The second kappa shape index (κ2) is 5.58. The first kappa shape index (κ1) is 12.6. The molecule has 0 saturated heterocycles. The Bertz CT molecular complexity index is 537. The molecule has 0 aliphatic rings. The van der Waals surface area contributed by atoms with E-state index in [4.69, 9.17) is 22.7 Å². The molecule has 1 aromatic heterocycles. The highest BCUT2D eigenvalue weighted by molar-refractivity contribution is 6.37. The maximum atomic E-state index is 11.3. The van der Waals surface area contributed by atoms with E-state index >= 15 is 0 Å². The van der Waals surface area contributed by atoms with E-state index in [2.05, 4.69) is 14.6 Å². The van der Waals surface area contributed by atoms with Crippen molar-refractivity contribution in [2.24, 2.45) is 0 Å². The van der Waals surface area contributed by atoms with Crippen molar-refractivity contribution in [1.82, 2.24) is 4.98 Å². The molecular formula is C9H4ClN5O2. The number of Topliss-reactive ketones (excluding diaryl/α,β-unsaturated/α-hetero) is 2. The lowest BCUT2D eigenvalue weighted by Crippen LogP contribution is -2.10. The summed E-state index contributed by atoms with van der Waals surface area (Å²) >= 11 is 5.68. The van der Waals surface area contributed by atoms with Gasteiger partial charge in [0.2, 0.25) is 0 Å². The van der Waals surface area contributed by atoms with Crippen molar-refractivity contribution in [3.05, 3.63) is 39.6 Å². The molecule has 1 heterocycles. The van der Waals surface area contributed by atoms with E-state index in [1.807, 2.05) is 0 Å². The van der Waals surface area contributed by atoms with Crippen molar-refractivity contribution in [3.63, 3.8) is 0 Å². The zero-order valence-electron chi connectivity index (χ0n) is 8.24. The zero-order valence-corrected chi connectivity index (χ0v) is 9.00. The van der Waals surface area contributed by atoms with Crippen LogP contribution in [0, 0.1) is 0 Å². The number of hydrogen-bond acceptors (Lipinski definition) is 3. The molecule has 0 fully saturated rings. The molecule has 7 nitrogen and oxygen atoms in total. The molecule has 84 valence electrons. The molecule has 0 atom stereocenters. The Hall–Kier alpha value is -2.46. The Balaban J connectivity index is 3.28. The van der Waals surface area contributed by atoms with Crippen molar-refractivity contribution >= 4 is 35.6 Å². The van der Waals surface area contributed by atoms with Crippen LogP contribution in [-0.2, 0) is 0 Å². The van der Waals surface area contributed by atoms with Gasteiger partial charge in [-0.2, -0.15) is 9.58 Å². The van der Waals surface area contributed by atoms with Gasteiger partial charge in [-0.05, 0) is 12.1 Å². The van der Waals surface area contributed by atoms with E-state index < -0.39 is 11.6 Å². The first-order chi connectivity index (χ1) is 8.08. The van der Waals surface area contributed by atoms with Gasteiger partial charge in [0.05, 0.1) is 0 Å². The summed E-state index contributed by atoms with van der Waals surface area (Å²) in [4.78, 5) is 31.4. The molecule has 0 aliphatic carbocycles. The third-order valence-electron chi connectivity index (χ3n) is 1.64. The largest absolute Gasteiger partial charge is 0.361 e. The molecule has 0 radical (unpaired) electrons. The number of carbonyl (C=O) groups excluding carboxylic acids is 2. The maximum Gasteiger partial charge on any atom is 0.329 e. The van der Waals surface area contributed by atoms with Crippen LogP contribution >= 0.6 is 11.6 Å². The third kappa shape index (κ3) is 3.25. The monoisotopic (exact) mass is 249 g/mol. The number of nitrogens with zero attached hydrogens (tertiary/aromatic N) is 5. The van der Waals surface area contributed by atoms with Gasteiger partial charge in [-0.15, -0.1) is 0 Å². The van der Waals surface area contributed by atoms with Crippen LogP contribution in [0.15, 0.2) is 12.1 Å². The van der Waals surface area contributed by atoms with Crippen molar-refractivity contribution in [3.8, 4) is 0 Å². The third-order valence-corrected chi connectivity index (χ3v) is 1.86. The van der Waals surface area contributed by atoms with Crippen molar-refractivity contribution in [2.75, 3.05) is 0 Å². The van der Waals surface area contributed by atoms with E-state index in [1.165, 1.54) is 12.1 Å². The maximum absolute atomic E-state index is 11.3. The van der Waals surface area contributed by atoms with Gasteiger partial charge in [-0.1, -0.05) is 11.6 Å². The highest BCUT2D eigenvalue weighted by Gasteiger charge is 2.16. The van der Waals surface area contributed by atoms with Crippen LogP contribution in [0.1, 0.15) is 21.0 Å². The average Bonchev–Trinajstić information content (AvgIpc) is 2.29. The number of carbonyl (C=O) groups is 2. The number of hydrogen-bond donors (Lipinski definition) is 0. The van der Waals surface area contributed by atoms with Gasteiger partial charge >= 0.3 is 12.4 Å². The van der Waals surface area contributed by atoms with Crippen LogP contribution in [-0.4, -0.2) is 38.6 Å². The van der Waals surface area contributed by atoms with Crippen LogP contribution in [0.4, 0.5) is 0 Å². The average molecular weight is 250 g/mol. The van der Waals surface area contributed by atoms with E-state index in [9.17, 15) is 9.59 Å². The molecule has 17 heavy (non-hydrogen) atoms. The SMILES string of the molecule is [N-]=[N+]=CC(=O)c1cc(Cl)cc(C(=O)C=[N+]=[N-])n1. The fourth-order valence-corrected chi connectivity index (χ4v) is 1.19. The molecule has 0 unspecified atom stereocenters. The lowest BCUT2D eigenvalue weighted by Gasteiger charge is -1.97. The minimum absolute atomic E-state index is 0.101. The Morgan fingerprint density at radius 2 is 1.53 bits per heavy atom. The van der Waals surface area contributed by atoms with Gasteiger partial charge in [-0.3, -0.25) is 9.59 Å². The van der Waals surface area contributed by atoms with Crippen molar-refractivity contribution in [1.29, 1.82) is 0 Å². The zero-order chi connectivity index (χ0) is 12.8. The minimum atomic E-state index is -0.718. The van der Waals surface area contributed by atoms with Crippen LogP contribution < -0.4 is 0 Å². The topological polar surface area (TPSA) is 120 Å². The molecule has 0 saturated carbocycles. The van der Waals surface area contributed by atoms with Crippen LogP contribution in [0.3, 0.4) is 0 Å². The number of ketones is 2. The lowest BCUT2D eigenvalue weighted by molar-refractivity contribution is 0.00222. The quantitative estimate of drug-likeness (QED) is 0.338. The van der Waals surface area contributed by atoms with Crippen LogP contribution in [0.25, 0.3) is 11.1 Å². The molecular weight excluding hydrogens is 246 g/mol. The first-order valence-electron chi connectivity index (χ1n) is 4.19. The second-order valence-electron chi connectivity index (χ2n) is 2.77. The van der Waals surface area contributed by atoms with E-state index in [1.54, 1.807) is 0 Å². The normalized spacial score (nSPS) is 8.76. The fourth-order valence-electron chi connectivity index (χ4n) is 0.987. The number of pyridine rings is 1. The van der Waals surface area contributed by atoms with E-state index in [0.717, 1.165) is 0 Å². The van der Waals surface area contributed by atoms with E-state index in [0.29, 0.717) is 12.4 Å². The molecule has 0 spiro atoms. The summed E-state index contributed by atoms with van der Waals surface area (Å²) in [6.45, 7) is 0. The summed E-state index contributed by atoms with van der Waals surface area (Å²) < 4.78 is 0. The number of aromatic nitrogens is 1. The molecule has 0 N–H and O–H groups in total. The van der Waals surface area contributed by atoms with E-state index in [-0.39, 0.29) is 16.4 Å². The van der Waals surface area contributed by atoms with Gasteiger partial charge in [0.25, 0.3) is 11.6 Å². The molecule has 0 amide bonds. The standard InChI is InChI=1S/C9H4ClN5O2/c10-5-1-6(8(16)3-13-11)15-7(2-5)9(17)4-14-12/h1-4H. The summed E-state index contributed by atoms with van der Waals surface area (Å²) in [5.74, 6) is -1.44. The van der Waals surface area contributed by atoms with Crippen molar-refractivity contribution < 1.29 is 19.2 Å². The highest BCUT2D eigenvalue weighted by atomic mass is 35.5. The molecule has 0 aromatic carbocycles. The molecule has 1 rings (SSSR count). The van der Waals surface area contributed by atoms with Crippen molar-refractivity contribution in [2.45, 2.75) is 0 Å². The summed E-state index contributed by atoms with van der Waals surface area (Å²) in [5, 5.41) is 0.101. The fraction of sp³-hybridized carbons (Fsp3) is 0. The lowest BCUT2D eigenvalue weighted by atomic mass is 10.2. The molecule has 0 bridgehead atoms.